The Labute approximate surface area is 117 Å². The summed E-state index contributed by atoms with van der Waals surface area (Å²) in [6.45, 7) is 6.03. The van der Waals surface area contributed by atoms with Gasteiger partial charge in [0.15, 0.2) is 0 Å². The van der Waals surface area contributed by atoms with Gasteiger partial charge < -0.3 is 4.74 Å². The molecule has 0 amide bonds. The SMILES string of the molecule is CCC(C)(C)C(=O)OC1(C2CCCCC2)C=CCC1. The normalized spacial score (nSPS) is 28.6. The molecule has 1 fully saturated rings. The molecule has 0 radical (unpaired) electrons. The number of ether oxygens (including phenoxy) is 1. The predicted molar refractivity (Wildman–Crippen MR) is 77.8 cm³/mol. The van der Waals surface area contributed by atoms with Gasteiger partial charge in [-0.1, -0.05) is 32.3 Å². The molecular formula is C17H28O2. The van der Waals surface area contributed by atoms with Crippen LogP contribution in [0.2, 0.25) is 0 Å². The molecule has 1 unspecified atom stereocenters. The lowest BCUT2D eigenvalue weighted by molar-refractivity contribution is -0.172. The Morgan fingerprint density at radius 2 is 2.00 bits per heavy atom. The first kappa shape index (κ1) is 14.6. The average molecular weight is 264 g/mol. The summed E-state index contributed by atoms with van der Waals surface area (Å²) in [4.78, 5) is 12.4. The van der Waals surface area contributed by atoms with Crippen molar-refractivity contribution in [3.8, 4) is 0 Å². The maximum Gasteiger partial charge on any atom is 0.312 e. The highest BCUT2D eigenvalue weighted by Gasteiger charge is 2.44. The quantitative estimate of drug-likeness (QED) is 0.546. The van der Waals surface area contributed by atoms with E-state index in [1.807, 2.05) is 13.8 Å². The topological polar surface area (TPSA) is 26.3 Å². The number of rotatable bonds is 4. The van der Waals surface area contributed by atoms with Gasteiger partial charge in [-0.15, -0.1) is 0 Å². The summed E-state index contributed by atoms with van der Waals surface area (Å²) in [6, 6.07) is 0. The molecule has 0 N–H and O–H groups in total. The highest BCUT2D eigenvalue weighted by atomic mass is 16.6. The monoisotopic (exact) mass is 264 g/mol. The summed E-state index contributed by atoms with van der Waals surface area (Å²) < 4.78 is 6.07. The molecular weight excluding hydrogens is 236 g/mol. The van der Waals surface area contributed by atoms with Crippen molar-refractivity contribution in [3.63, 3.8) is 0 Å². The van der Waals surface area contributed by atoms with E-state index in [4.69, 9.17) is 4.74 Å². The van der Waals surface area contributed by atoms with Crippen LogP contribution in [0.5, 0.6) is 0 Å². The fourth-order valence-electron chi connectivity index (χ4n) is 3.23. The molecule has 0 aromatic rings. The lowest BCUT2D eigenvalue weighted by Gasteiger charge is -2.40. The summed E-state index contributed by atoms with van der Waals surface area (Å²) in [5.74, 6) is 0.517. The van der Waals surface area contributed by atoms with Crippen LogP contribution >= 0.6 is 0 Å². The number of esters is 1. The maximum absolute atomic E-state index is 12.4. The van der Waals surface area contributed by atoms with Crippen molar-refractivity contribution in [2.75, 3.05) is 0 Å². The minimum Gasteiger partial charge on any atom is -0.454 e. The molecule has 0 aromatic heterocycles. The fourth-order valence-corrected chi connectivity index (χ4v) is 3.23. The zero-order valence-corrected chi connectivity index (χ0v) is 12.7. The van der Waals surface area contributed by atoms with E-state index in [-0.39, 0.29) is 17.0 Å². The minimum atomic E-state index is -0.363. The van der Waals surface area contributed by atoms with Crippen LogP contribution in [0.15, 0.2) is 12.2 Å². The summed E-state index contributed by atoms with van der Waals surface area (Å²) in [7, 11) is 0. The lowest BCUT2D eigenvalue weighted by atomic mass is 9.76. The summed E-state index contributed by atoms with van der Waals surface area (Å²) >= 11 is 0. The van der Waals surface area contributed by atoms with E-state index >= 15 is 0 Å². The highest BCUT2D eigenvalue weighted by Crippen LogP contribution is 2.43. The zero-order chi connectivity index (χ0) is 13.9. The summed E-state index contributed by atoms with van der Waals surface area (Å²) in [5, 5.41) is 0. The molecule has 2 aliphatic carbocycles. The molecule has 19 heavy (non-hydrogen) atoms. The first-order chi connectivity index (χ1) is 9.00. The number of carbonyl (C=O) groups is 1. The predicted octanol–water partition coefficient (Wildman–Crippen LogP) is 4.63. The van der Waals surface area contributed by atoms with Crippen molar-refractivity contribution in [3.05, 3.63) is 12.2 Å². The molecule has 1 saturated carbocycles. The summed E-state index contributed by atoms with van der Waals surface area (Å²) in [5.41, 5.74) is -0.651. The first-order valence-electron chi connectivity index (χ1n) is 7.91. The van der Waals surface area contributed by atoms with Crippen LogP contribution in [0.1, 0.15) is 72.1 Å². The molecule has 108 valence electrons. The van der Waals surface area contributed by atoms with Crippen LogP contribution in [0.4, 0.5) is 0 Å². The molecule has 0 aliphatic heterocycles. The van der Waals surface area contributed by atoms with Gasteiger partial charge in [0.05, 0.1) is 5.41 Å². The second-order valence-electron chi connectivity index (χ2n) is 6.86. The van der Waals surface area contributed by atoms with Gasteiger partial charge in [0.1, 0.15) is 5.60 Å². The smallest absolute Gasteiger partial charge is 0.312 e. The Hall–Kier alpha value is -0.790. The van der Waals surface area contributed by atoms with E-state index in [1.165, 1.54) is 32.1 Å². The molecule has 0 saturated heterocycles. The van der Waals surface area contributed by atoms with Crippen LogP contribution < -0.4 is 0 Å². The van der Waals surface area contributed by atoms with E-state index in [0.717, 1.165) is 19.3 Å². The lowest BCUT2D eigenvalue weighted by Crippen LogP contribution is -2.43. The third kappa shape index (κ3) is 3.04. The number of hydrogen-bond donors (Lipinski definition) is 0. The Balaban J connectivity index is 2.12. The van der Waals surface area contributed by atoms with Crippen molar-refractivity contribution in [2.24, 2.45) is 11.3 Å². The molecule has 2 heteroatoms. The van der Waals surface area contributed by atoms with Crippen molar-refractivity contribution < 1.29 is 9.53 Å². The Morgan fingerprint density at radius 3 is 2.53 bits per heavy atom. The Morgan fingerprint density at radius 1 is 1.32 bits per heavy atom. The molecule has 0 bridgehead atoms. The molecule has 2 nitrogen and oxygen atoms in total. The van der Waals surface area contributed by atoms with Crippen molar-refractivity contribution in [1.82, 2.24) is 0 Å². The Bertz CT molecular complexity index is 350. The molecule has 0 aromatic carbocycles. The van der Waals surface area contributed by atoms with Crippen molar-refractivity contribution in [2.45, 2.75) is 77.7 Å². The highest BCUT2D eigenvalue weighted by molar-refractivity contribution is 5.76. The first-order valence-corrected chi connectivity index (χ1v) is 7.91. The number of allylic oxidation sites excluding steroid dienone is 1. The van der Waals surface area contributed by atoms with E-state index in [1.54, 1.807) is 0 Å². The largest absolute Gasteiger partial charge is 0.454 e. The van der Waals surface area contributed by atoms with Crippen LogP contribution in [0, 0.1) is 11.3 Å². The van der Waals surface area contributed by atoms with Gasteiger partial charge in [-0.3, -0.25) is 4.79 Å². The van der Waals surface area contributed by atoms with Gasteiger partial charge >= 0.3 is 5.97 Å². The van der Waals surface area contributed by atoms with E-state index in [0.29, 0.717) is 5.92 Å². The molecule has 2 aliphatic rings. The van der Waals surface area contributed by atoms with Crippen molar-refractivity contribution in [1.29, 1.82) is 0 Å². The van der Waals surface area contributed by atoms with Crippen LogP contribution in [0.25, 0.3) is 0 Å². The fraction of sp³-hybridized carbons (Fsp3) is 0.824. The average Bonchev–Trinajstić information content (AvgIpc) is 2.89. The van der Waals surface area contributed by atoms with Crippen LogP contribution in [0.3, 0.4) is 0 Å². The van der Waals surface area contributed by atoms with Gasteiger partial charge in [0.2, 0.25) is 0 Å². The molecule has 1 atom stereocenters. The van der Waals surface area contributed by atoms with Crippen LogP contribution in [-0.2, 0) is 9.53 Å². The third-order valence-electron chi connectivity index (χ3n) is 5.12. The minimum absolute atomic E-state index is 0.0212. The van der Waals surface area contributed by atoms with E-state index in [9.17, 15) is 4.79 Å². The summed E-state index contributed by atoms with van der Waals surface area (Å²) in [6.07, 6.45) is 13.6. The third-order valence-corrected chi connectivity index (χ3v) is 5.12. The number of carbonyl (C=O) groups excluding carboxylic acids is 1. The second-order valence-corrected chi connectivity index (χ2v) is 6.86. The van der Waals surface area contributed by atoms with Gasteiger partial charge in [-0.2, -0.15) is 0 Å². The molecule has 0 spiro atoms. The van der Waals surface area contributed by atoms with Gasteiger partial charge in [-0.05, 0) is 52.0 Å². The zero-order valence-electron chi connectivity index (χ0n) is 12.7. The van der Waals surface area contributed by atoms with Gasteiger partial charge in [0, 0.05) is 5.92 Å². The second kappa shape index (κ2) is 5.68. The van der Waals surface area contributed by atoms with Crippen molar-refractivity contribution >= 4 is 5.97 Å². The van der Waals surface area contributed by atoms with E-state index < -0.39 is 0 Å². The van der Waals surface area contributed by atoms with Gasteiger partial charge in [-0.25, -0.2) is 0 Å². The molecule has 2 rings (SSSR count). The standard InChI is InChI=1S/C17H28O2/c1-4-16(2,3)15(18)19-17(12-8-9-13-17)14-10-6-5-7-11-14/h8,12,14H,4-7,9-11,13H2,1-3H3. The Kier molecular flexibility index (Phi) is 4.37. The van der Waals surface area contributed by atoms with Gasteiger partial charge in [0.25, 0.3) is 0 Å². The maximum atomic E-state index is 12.4. The van der Waals surface area contributed by atoms with E-state index in [2.05, 4.69) is 19.1 Å². The van der Waals surface area contributed by atoms with Crippen LogP contribution in [-0.4, -0.2) is 11.6 Å². The molecule has 0 heterocycles. The number of hydrogen-bond acceptors (Lipinski definition) is 2.